The van der Waals surface area contributed by atoms with Gasteiger partial charge in [-0.05, 0) is 23.5 Å². The molecule has 0 aromatic heterocycles. The zero-order valence-corrected chi connectivity index (χ0v) is 11.1. The Labute approximate surface area is 104 Å². The second-order valence-electron chi connectivity index (χ2n) is 5.16. The Morgan fingerprint density at radius 1 is 1.12 bits per heavy atom. The van der Waals surface area contributed by atoms with Crippen LogP contribution in [0.5, 0.6) is 0 Å². The molecule has 0 aliphatic rings. The van der Waals surface area contributed by atoms with E-state index >= 15 is 0 Å². The molecule has 2 N–H and O–H groups in total. The molecule has 0 saturated carbocycles. The first-order valence-electron chi connectivity index (χ1n) is 6.04. The Hall–Kier alpha value is -1.51. The van der Waals surface area contributed by atoms with Gasteiger partial charge in [-0.15, -0.1) is 0 Å². The fourth-order valence-corrected chi connectivity index (χ4v) is 1.53. The van der Waals surface area contributed by atoms with Crippen molar-refractivity contribution in [2.45, 2.75) is 39.7 Å². The summed E-state index contributed by atoms with van der Waals surface area (Å²) in [4.78, 5) is 11.2. The fourth-order valence-electron chi connectivity index (χ4n) is 1.53. The SMILES string of the molecule is CCNC(=O)NCc1ccc(C(C)(C)C)cc1. The van der Waals surface area contributed by atoms with E-state index in [1.165, 1.54) is 5.56 Å². The van der Waals surface area contributed by atoms with Crippen molar-refractivity contribution in [3.05, 3.63) is 35.4 Å². The smallest absolute Gasteiger partial charge is 0.315 e. The Morgan fingerprint density at radius 2 is 1.71 bits per heavy atom. The lowest BCUT2D eigenvalue weighted by Gasteiger charge is -2.19. The quantitative estimate of drug-likeness (QED) is 0.829. The molecule has 17 heavy (non-hydrogen) atoms. The van der Waals surface area contributed by atoms with Crippen LogP contribution in [0.2, 0.25) is 0 Å². The lowest BCUT2D eigenvalue weighted by Crippen LogP contribution is -2.34. The number of hydrogen-bond donors (Lipinski definition) is 2. The summed E-state index contributed by atoms with van der Waals surface area (Å²) in [6.45, 7) is 9.68. The van der Waals surface area contributed by atoms with Crippen molar-refractivity contribution in [2.75, 3.05) is 6.54 Å². The first-order chi connectivity index (χ1) is 7.93. The van der Waals surface area contributed by atoms with Crippen LogP contribution < -0.4 is 10.6 Å². The monoisotopic (exact) mass is 234 g/mol. The summed E-state index contributed by atoms with van der Waals surface area (Å²) in [6, 6.07) is 8.25. The van der Waals surface area contributed by atoms with Crippen LogP contribution in [0.25, 0.3) is 0 Å². The summed E-state index contributed by atoms with van der Waals surface area (Å²) < 4.78 is 0. The fraction of sp³-hybridized carbons (Fsp3) is 0.500. The molecule has 0 atom stereocenters. The average molecular weight is 234 g/mol. The highest BCUT2D eigenvalue weighted by Gasteiger charge is 2.12. The van der Waals surface area contributed by atoms with Gasteiger partial charge >= 0.3 is 6.03 Å². The molecule has 0 aliphatic carbocycles. The molecule has 1 aromatic carbocycles. The van der Waals surface area contributed by atoms with Gasteiger partial charge in [0.15, 0.2) is 0 Å². The number of carbonyl (C=O) groups excluding carboxylic acids is 1. The molecule has 1 aromatic rings. The number of nitrogens with one attached hydrogen (secondary N) is 2. The van der Waals surface area contributed by atoms with Crippen molar-refractivity contribution >= 4 is 6.03 Å². The van der Waals surface area contributed by atoms with E-state index in [1.54, 1.807) is 0 Å². The van der Waals surface area contributed by atoms with Crippen LogP contribution in [-0.4, -0.2) is 12.6 Å². The Morgan fingerprint density at radius 3 is 2.18 bits per heavy atom. The number of amides is 2. The third-order valence-electron chi connectivity index (χ3n) is 2.61. The molecule has 3 heteroatoms. The van der Waals surface area contributed by atoms with E-state index in [0.717, 1.165) is 5.56 Å². The second kappa shape index (κ2) is 5.71. The third kappa shape index (κ3) is 4.47. The van der Waals surface area contributed by atoms with E-state index < -0.39 is 0 Å². The normalized spacial score (nSPS) is 11.1. The molecule has 0 radical (unpaired) electrons. The highest BCUT2D eigenvalue weighted by Crippen LogP contribution is 2.21. The minimum atomic E-state index is -0.118. The number of carbonyl (C=O) groups is 1. The van der Waals surface area contributed by atoms with E-state index in [9.17, 15) is 4.79 Å². The van der Waals surface area contributed by atoms with Crippen LogP contribution in [0.1, 0.15) is 38.8 Å². The van der Waals surface area contributed by atoms with Gasteiger partial charge in [0.25, 0.3) is 0 Å². The molecule has 3 nitrogen and oxygen atoms in total. The van der Waals surface area contributed by atoms with Crippen molar-refractivity contribution < 1.29 is 4.79 Å². The molecule has 0 heterocycles. The van der Waals surface area contributed by atoms with Gasteiger partial charge in [-0.25, -0.2) is 4.79 Å². The van der Waals surface area contributed by atoms with Gasteiger partial charge in [0.1, 0.15) is 0 Å². The molecule has 1 rings (SSSR count). The summed E-state index contributed by atoms with van der Waals surface area (Å²) in [5, 5.41) is 5.51. The molecule has 2 amide bonds. The minimum Gasteiger partial charge on any atom is -0.338 e. The summed E-state index contributed by atoms with van der Waals surface area (Å²) in [5.41, 5.74) is 2.59. The Balaban J connectivity index is 2.54. The predicted molar refractivity (Wildman–Crippen MR) is 71.1 cm³/mol. The van der Waals surface area contributed by atoms with Gasteiger partial charge in [-0.2, -0.15) is 0 Å². The topological polar surface area (TPSA) is 41.1 Å². The van der Waals surface area contributed by atoms with Crippen LogP contribution in [-0.2, 0) is 12.0 Å². The van der Waals surface area contributed by atoms with Gasteiger partial charge in [-0.3, -0.25) is 0 Å². The molecule has 0 aliphatic heterocycles. The van der Waals surface area contributed by atoms with Crippen LogP contribution in [0, 0.1) is 0 Å². The van der Waals surface area contributed by atoms with Crippen LogP contribution in [0.4, 0.5) is 4.79 Å². The van der Waals surface area contributed by atoms with Crippen molar-refractivity contribution in [3.8, 4) is 0 Å². The standard InChI is InChI=1S/C14H22N2O/c1-5-15-13(17)16-10-11-6-8-12(9-7-11)14(2,3)4/h6-9H,5,10H2,1-4H3,(H2,15,16,17). The van der Waals surface area contributed by atoms with Crippen molar-refractivity contribution in [3.63, 3.8) is 0 Å². The zero-order chi connectivity index (χ0) is 12.9. The lowest BCUT2D eigenvalue weighted by atomic mass is 9.87. The molecule has 0 saturated heterocycles. The summed E-state index contributed by atoms with van der Waals surface area (Å²) in [7, 11) is 0. The molecular formula is C14H22N2O. The first kappa shape index (κ1) is 13.6. The highest BCUT2D eigenvalue weighted by molar-refractivity contribution is 5.73. The molecule has 0 fully saturated rings. The molecule has 0 spiro atoms. The van der Waals surface area contributed by atoms with Gasteiger partial charge < -0.3 is 10.6 Å². The van der Waals surface area contributed by atoms with Gasteiger partial charge in [0.2, 0.25) is 0 Å². The van der Waals surface area contributed by atoms with Gasteiger partial charge in [0, 0.05) is 13.1 Å². The number of benzene rings is 1. The summed E-state index contributed by atoms with van der Waals surface area (Å²) in [6.07, 6.45) is 0. The number of hydrogen-bond acceptors (Lipinski definition) is 1. The largest absolute Gasteiger partial charge is 0.338 e. The maximum absolute atomic E-state index is 11.2. The second-order valence-corrected chi connectivity index (χ2v) is 5.16. The van der Waals surface area contributed by atoms with Gasteiger partial charge in [0.05, 0.1) is 0 Å². The van der Waals surface area contributed by atoms with Crippen molar-refractivity contribution in [1.29, 1.82) is 0 Å². The van der Waals surface area contributed by atoms with E-state index in [2.05, 4.69) is 55.7 Å². The Bertz CT molecular complexity index is 363. The van der Waals surface area contributed by atoms with Crippen LogP contribution in [0.3, 0.4) is 0 Å². The van der Waals surface area contributed by atoms with Gasteiger partial charge in [-0.1, -0.05) is 45.0 Å². The van der Waals surface area contributed by atoms with Crippen molar-refractivity contribution in [1.82, 2.24) is 10.6 Å². The lowest BCUT2D eigenvalue weighted by molar-refractivity contribution is 0.241. The Kier molecular flexibility index (Phi) is 4.55. The van der Waals surface area contributed by atoms with E-state index in [-0.39, 0.29) is 11.4 Å². The average Bonchev–Trinajstić information content (AvgIpc) is 2.26. The first-order valence-corrected chi connectivity index (χ1v) is 6.04. The van der Waals surface area contributed by atoms with Crippen LogP contribution in [0.15, 0.2) is 24.3 Å². The zero-order valence-electron chi connectivity index (χ0n) is 11.1. The molecule has 0 bridgehead atoms. The van der Waals surface area contributed by atoms with E-state index in [4.69, 9.17) is 0 Å². The summed E-state index contributed by atoms with van der Waals surface area (Å²) in [5.74, 6) is 0. The third-order valence-corrected chi connectivity index (χ3v) is 2.61. The maximum atomic E-state index is 11.2. The molecule has 94 valence electrons. The molecule has 0 unspecified atom stereocenters. The predicted octanol–water partition coefficient (Wildman–Crippen LogP) is 2.80. The number of urea groups is 1. The highest BCUT2D eigenvalue weighted by atomic mass is 16.2. The number of rotatable bonds is 3. The van der Waals surface area contributed by atoms with E-state index in [1.807, 2.05) is 6.92 Å². The maximum Gasteiger partial charge on any atom is 0.315 e. The van der Waals surface area contributed by atoms with Crippen molar-refractivity contribution in [2.24, 2.45) is 0 Å². The van der Waals surface area contributed by atoms with Crippen LogP contribution >= 0.6 is 0 Å². The van der Waals surface area contributed by atoms with E-state index in [0.29, 0.717) is 13.1 Å². The molecular weight excluding hydrogens is 212 g/mol. The minimum absolute atomic E-state index is 0.118. The summed E-state index contributed by atoms with van der Waals surface area (Å²) >= 11 is 0.